The third-order valence-corrected chi connectivity index (χ3v) is 4.03. The van der Waals surface area contributed by atoms with Crippen LogP contribution in [0.15, 0.2) is 42.5 Å². The standard InChI is InChI=1S/C16H13ClFN/c1-10-13(18)8-7-12(16(10)17)15-9-11-5-3-4-6-14(11)19(15)2/h3-9H,1-2H3. The summed E-state index contributed by atoms with van der Waals surface area (Å²) in [6.07, 6.45) is 0. The van der Waals surface area contributed by atoms with Crippen LogP contribution in [0.3, 0.4) is 0 Å². The molecule has 0 N–H and O–H groups in total. The second-order valence-corrected chi connectivity index (χ2v) is 5.06. The number of benzene rings is 2. The van der Waals surface area contributed by atoms with E-state index >= 15 is 0 Å². The first kappa shape index (κ1) is 12.2. The van der Waals surface area contributed by atoms with E-state index in [-0.39, 0.29) is 5.82 Å². The highest BCUT2D eigenvalue weighted by atomic mass is 35.5. The first-order valence-electron chi connectivity index (χ1n) is 6.09. The average molecular weight is 274 g/mol. The molecule has 3 heteroatoms. The molecule has 0 aliphatic carbocycles. The second-order valence-electron chi connectivity index (χ2n) is 4.68. The summed E-state index contributed by atoms with van der Waals surface area (Å²) in [7, 11) is 1.99. The van der Waals surface area contributed by atoms with Crippen LogP contribution in [0.5, 0.6) is 0 Å². The molecule has 3 aromatic rings. The molecular weight excluding hydrogens is 261 g/mol. The van der Waals surface area contributed by atoms with Gasteiger partial charge in [-0.25, -0.2) is 4.39 Å². The van der Waals surface area contributed by atoms with Crippen LogP contribution in [0, 0.1) is 12.7 Å². The molecule has 0 amide bonds. The Morgan fingerprint density at radius 3 is 2.58 bits per heavy atom. The highest BCUT2D eigenvalue weighted by Gasteiger charge is 2.13. The van der Waals surface area contributed by atoms with Crippen molar-refractivity contribution in [1.82, 2.24) is 4.57 Å². The monoisotopic (exact) mass is 273 g/mol. The van der Waals surface area contributed by atoms with E-state index in [1.54, 1.807) is 13.0 Å². The van der Waals surface area contributed by atoms with Gasteiger partial charge in [-0.15, -0.1) is 0 Å². The van der Waals surface area contributed by atoms with E-state index in [4.69, 9.17) is 11.6 Å². The molecule has 0 spiro atoms. The van der Waals surface area contributed by atoms with Gasteiger partial charge in [-0.3, -0.25) is 0 Å². The van der Waals surface area contributed by atoms with Crippen LogP contribution >= 0.6 is 11.6 Å². The molecule has 0 saturated carbocycles. The Bertz CT molecular complexity index is 774. The van der Waals surface area contributed by atoms with Crippen LogP contribution in [0.1, 0.15) is 5.56 Å². The molecule has 0 atom stereocenters. The predicted molar refractivity (Wildman–Crippen MR) is 78.1 cm³/mol. The minimum atomic E-state index is -0.271. The van der Waals surface area contributed by atoms with Gasteiger partial charge in [0.15, 0.2) is 0 Å². The normalized spacial score (nSPS) is 11.2. The summed E-state index contributed by atoms with van der Waals surface area (Å²) in [6, 6.07) is 13.4. The van der Waals surface area contributed by atoms with Crippen molar-refractivity contribution >= 4 is 22.5 Å². The molecule has 1 aromatic heterocycles. The number of aryl methyl sites for hydroxylation is 1. The van der Waals surface area contributed by atoms with Gasteiger partial charge >= 0.3 is 0 Å². The first-order chi connectivity index (χ1) is 9.09. The van der Waals surface area contributed by atoms with Crippen LogP contribution in [0.2, 0.25) is 5.02 Å². The third kappa shape index (κ3) is 1.83. The van der Waals surface area contributed by atoms with Crippen molar-refractivity contribution in [3.8, 4) is 11.3 Å². The van der Waals surface area contributed by atoms with E-state index in [1.807, 2.05) is 19.2 Å². The van der Waals surface area contributed by atoms with Gasteiger partial charge in [0.2, 0.25) is 0 Å². The Kier molecular flexibility index (Phi) is 2.83. The van der Waals surface area contributed by atoms with Gasteiger partial charge in [-0.05, 0) is 31.2 Å². The lowest BCUT2D eigenvalue weighted by Gasteiger charge is -2.09. The van der Waals surface area contributed by atoms with E-state index in [0.29, 0.717) is 10.6 Å². The smallest absolute Gasteiger partial charge is 0.127 e. The zero-order chi connectivity index (χ0) is 13.6. The number of aromatic nitrogens is 1. The van der Waals surface area contributed by atoms with E-state index < -0.39 is 0 Å². The summed E-state index contributed by atoms with van der Waals surface area (Å²) in [5, 5.41) is 1.63. The van der Waals surface area contributed by atoms with Gasteiger partial charge in [-0.2, -0.15) is 0 Å². The Balaban J connectivity index is 2.31. The maximum absolute atomic E-state index is 13.5. The number of halogens is 2. The predicted octanol–water partition coefficient (Wildman–Crippen LogP) is 4.95. The van der Waals surface area contributed by atoms with Crippen LogP contribution in [-0.4, -0.2) is 4.57 Å². The van der Waals surface area contributed by atoms with Crippen molar-refractivity contribution in [2.75, 3.05) is 0 Å². The van der Waals surface area contributed by atoms with Crippen LogP contribution in [0.4, 0.5) is 4.39 Å². The first-order valence-corrected chi connectivity index (χ1v) is 6.47. The minimum Gasteiger partial charge on any atom is -0.344 e. The molecule has 2 aromatic carbocycles. The van der Waals surface area contributed by atoms with Crippen molar-refractivity contribution in [3.63, 3.8) is 0 Å². The van der Waals surface area contributed by atoms with Gasteiger partial charge in [0, 0.05) is 29.1 Å². The van der Waals surface area contributed by atoms with Gasteiger partial charge in [0.1, 0.15) is 5.82 Å². The lowest BCUT2D eigenvalue weighted by molar-refractivity contribution is 0.619. The molecule has 1 heterocycles. The maximum atomic E-state index is 13.5. The third-order valence-electron chi connectivity index (χ3n) is 3.55. The van der Waals surface area contributed by atoms with Crippen molar-refractivity contribution in [3.05, 3.63) is 58.9 Å². The zero-order valence-corrected chi connectivity index (χ0v) is 11.5. The van der Waals surface area contributed by atoms with Crippen LogP contribution in [-0.2, 0) is 7.05 Å². The number of rotatable bonds is 1. The molecule has 0 unspecified atom stereocenters. The summed E-state index contributed by atoms with van der Waals surface area (Å²) >= 11 is 6.28. The number of para-hydroxylation sites is 1. The fourth-order valence-electron chi connectivity index (χ4n) is 2.41. The summed E-state index contributed by atoms with van der Waals surface area (Å²) in [4.78, 5) is 0. The number of fused-ring (bicyclic) bond motifs is 1. The summed E-state index contributed by atoms with van der Waals surface area (Å²) in [5.74, 6) is -0.271. The van der Waals surface area contributed by atoms with Crippen LogP contribution < -0.4 is 0 Å². The van der Waals surface area contributed by atoms with Gasteiger partial charge in [0.05, 0.1) is 10.7 Å². The molecule has 0 bridgehead atoms. The topological polar surface area (TPSA) is 4.93 Å². The van der Waals surface area contributed by atoms with E-state index in [1.165, 1.54) is 6.07 Å². The van der Waals surface area contributed by atoms with Crippen molar-refractivity contribution in [1.29, 1.82) is 0 Å². The van der Waals surface area contributed by atoms with Crippen molar-refractivity contribution in [2.24, 2.45) is 7.05 Å². The molecule has 0 aliphatic heterocycles. The Morgan fingerprint density at radius 1 is 1.11 bits per heavy atom. The Labute approximate surface area is 116 Å². The number of nitrogens with zero attached hydrogens (tertiary/aromatic N) is 1. The number of hydrogen-bond acceptors (Lipinski definition) is 0. The van der Waals surface area contributed by atoms with E-state index in [0.717, 1.165) is 22.2 Å². The lowest BCUT2D eigenvalue weighted by Crippen LogP contribution is -1.94. The highest BCUT2D eigenvalue weighted by molar-refractivity contribution is 6.34. The molecular formula is C16H13ClFN. The summed E-state index contributed by atoms with van der Waals surface area (Å²) in [5.41, 5.74) is 3.48. The lowest BCUT2D eigenvalue weighted by atomic mass is 10.1. The molecule has 0 fully saturated rings. The summed E-state index contributed by atoms with van der Waals surface area (Å²) in [6.45, 7) is 1.70. The van der Waals surface area contributed by atoms with E-state index in [2.05, 4.69) is 22.8 Å². The number of hydrogen-bond donors (Lipinski definition) is 0. The SMILES string of the molecule is Cc1c(F)ccc(-c2cc3ccccc3n2C)c1Cl. The molecule has 3 rings (SSSR count). The quantitative estimate of drug-likeness (QED) is 0.591. The van der Waals surface area contributed by atoms with Gasteiger partial charge in [0.25, 0.3) is 0 Å². The average Bonchev–Trinajstić information content (AvgIpc) is 2.74. The van der Waals surface area contributed by atoms with Gasteiger partial charge in [-0.1, -0.05) is 29.8 Å². The van der Waals surface area contributed by atoms with Crippen LogP contribution in [0.25, 0.3) is 22.2 Å². The molecule has 0 aliphatic rings. The second kappa shape index (κ2) is 4.39. The fourth-order valence-corrected chi connectivity index (χ4v) is 2.66. The molecule has 1 nitrogen and oxygen atoms in total. The van der Waals surface area contributed by atoms with E-state index in [9.17, 15) is 4.39 Å². The fraction of sp³-hybridized carbons (Fsp3) is 0.125. The Morgan fingerprint density at radius 2 is 1.84 bits per heavy atom. The molecule has 0 radical (unpaired) electrons. The Hall–Kier alpha value is -1.80. The largest absolute Gasteiger partial charge is 0.344 e. The van der Waals surface area contributed by atoms with Crippen molar-refractivity contribution < 1.29 is 4.39 Å². The molecule has 19 heavy (non-hydrogen) atoms. The van der Waals surface area contributed by atoms with Gasteiger partial charge < -0.3 is 4.57 Å². The zero-order valence-electron chi connectivity index (χ0n) is 10.7. The summed E-state index contributed by atoms with van der Waals surface area (Å²) < 4.78 is 15.6. The molecule has 0 saturated heterocycles. The maximum Gasteiger partial charge on any atom is 0.127 e. The minimum absolute atomic E-state index is 0.271. The highest BCUT2D eigenvalue weighted by Crippen LogP contribution is 2.34. The molecule has 96 valence electrons. The van der Waals surface area contributed by atoms with Crippen molar-refractivity contribution in [2.45, 2.75) is 6.92 Å².